The standard InChI is InChI=1S/C18H31NO2S/c1-2-3-4-5-6-7-8-9-10-14-17-22(20,21)19-18-15-12-11-13-16-18/h11-13,15-16,19H,2-10,14,17H2,1H3. The van der Waals surface area contributed by atoms with E-state index in [0.29, 0.717) is 5.69 Å². The van der Waals surface area contributed by atoms with Crippen LogP contribution in [0.3, 0.4) is 0 Å². The molecular formula is C18H31NO2S. The molecule has 0 aromatic heterocycles. The molecule has 0 heterocycles. The van der Waals surface area contributed by atoms with Crippen LogP contribution in [-0.2, 0) is 10.0 Å². The van der Waals surface area contributed by atoms with Gasteiger partial charge in [-0.25, -0.2) is 8.42 Å². The number of para-hydroxylation sites is 1. The lowest BCUT2D eigenvalue weighted by Crippen LogP contribution is -2.16. The monoisotopic (exact) mass is 325 g/mol. The van der Waals surface area contributed by atoms with E-state index in [0.717, 1.165) is 19.3 Å². The van der Waals surface area contributed by atoms with Gasteiger partial charge >= 0.3 is 0 Å². The maximum absolute atomic E-state index is 11.9. The predicted octanol–water partition coefficient (Wildman–Crippen LogP) is 5.35. The molecule has 0 amide bonds. The summed E-state index contributed by atoms with van der Waals surface area (Å²) in [6.45, 7) is 2.24. The third kappa shape index (κ3) is 9.82. The summed E-state index contributed by atoms with van der Waals surface area (Å²) in [5, 5.41) is 0. The second-order valence-electron chi connectivity index (χ2n) is 5.97. The number of hydrogen-bond acceptors (Lipinski definition) is 2. The van der Waals surface area contributed by atoms with Gasteiger partial charge in [0.1, 0.15) is 0 Å². The minimum absolute atomic E-state index is 0.221. The molecule has 3 nitrogen and oxygen atoms in total. The molecule has 0 spiro atoms. The highest BCUT2D eigenvalue weighted by molar-refractivity contribution is 7.92. The quantitative estimate of drug-likeness (QED) is 0.497. The topological polar surface area (TPSA) is 46.2 Å². The van der Waals surface area contributed by atoms with E-state index in [4.69, 9.17) is 0 Å². The summed E-state index contributed by atoms with van der Waals surface area (Å²) in [6, 6.07) is 9.09. The van der Waals surface area contributed by atoms with Crippen molar-refractivity contribution in [3.05, 3.63) is 30.3 Å². The third-order valence-electron chi connectivity index (χ3n) is 3.81. The molecule has 1 rings (SSSR count). The zero-order valence-corrected chi connectivity index (χ0v) is 14.7. The number of rotatable bonds is 13. The van der Waals surface area contributed by atoms with Crippen molar-refractivity contribution in [1.82, 2.24) is 0 Å². The first-order valence-corrected chi connectivity index (χ1v) is 10.3. The molecular weight excluding hydrogens is 294 g/mol. The fraction of sp³-hybridized carbons (Fsp3) is 0.667. The summed E-state index contributed by atoms with van der Waals surface area (Å²) in [4.78, 5) is 0. The van der Waals surface area contributed by atoms with Crippen LogP contribution >= 0.6 is 0 Å². The second kappa shape index (κ2) is 11.5. The van der Waals surface area contributed by atoms with E-state index < -0.39 is 10.0 Å². The Morgan fingerprint density at radius 3 is 1.82 bits per heavy atom. The number of benzene rings is 1. The fourth-order valence-corrected chi connectivity index (χ4v) is 3.70. The van der Waals surface area contributed by atoms with Gasteiger partial charge in [0.05, 0.1) is 5.75 Å². The zero-order valence-electron chi connectivity index (χ0n) is 13.9. The van der Waals surface area contributed by atoms with Crippen LogP contribution in [0.5, 0.6) is 0 Å². The van der Waals surface area contributed by atoms with Gasteiger partial charge < -0.3 is 0 Å². The minimum atomic E-state index is -3.19. The smallest absolute Gasteiger partial charge is 0.232 e. The van der Waals surface area contributed by atoms with Gasteiger partial charge in [0.2, 0.25) is 10.0 Å². The SMILES string of the molecule is CCCCCCCCCCCCS(=O)(=O)Nc1ccccc1. The van der Waals surface area contributed by atoms with Gasteiger partial charge in [-0.15, -0.1) is 0 Å². The Morgan fingerprint density at radius 2 is 1.27 bits per heavy atom. The molecule has 0 fully saturated rings. The van der Waals surface area contributed by atoms with Crippen molar-refractivity contribution in [3.8, 4) is 0 Å². The maximum atomic E-state index is 11.9. The van der Waals surface area contributed by atoms with E-state index in [2.05, 4.69) is 11.6 Å². The molecule has 0 saturated carbocycles. The first-order valence-electron chi connectivity index (χ1n) is 8.69. The summed E-state index contributed by atoms with van der Waals surface area (Å²) in [7, 11) is -3.19. The van der Waals surface area contributed by atoms with E-state index in [1.165, 1.54) is 44.9 Å². The van der Waals surface area contributed by atoms with E-state index >= 15 is 0 Å². The molecule has 1 N–H and O–H groups in total. The first kappa shape index (κ1) is 19.0. The lowest BCUT2D eigenvalue weighted by molar-refractivity contribution is 0.558. The Balaban J connectivity index is 2.02. The highest BCUT2D eigenvalue weighted by Gasteiger charge is 2.09. The van der Waals surface area contributed by atoms with E-state index in [-0.39, 0.29) is 5.75 Å². The molecule has 0 unspecified atom stereocenters. The van der Waals surface area contributed by atoms with Crippen molar-refractivity contribution >= 4 is 15.7 Å². The number of hydrogen-bond donors (Lipinski definition) is 1. The van der Waals surface area contributed by atoms with Crippen LogP contribution in [0.25, 0.3) is 0 Å². The predicted molar refractivity (Wildman–Crippen MR) is 95.7 cm³/mol. The molecule has 0 aliphatic carbocycles. The third-order valence-corrected chi connectivity index (χ3v) is 5.19. The molecule has 1 aromatic carbocycles. The summed E-state index contributed by atoms with van der Waals surface area (Å²) in [5.74, 6) is 0.221. The molecule has 0 aliphatic heterocycles. The lowest BCUT2D eigenvalue weighted by atomic mass is 10.1. The van der Waals surface area contributed by atoms with Gasteiger partial charge in [0.25, 0.3) is 0 Å². The average molecular weight is 326 g/mol. The summed E-state index contributed by atoms with van der Waals surface area (Å²) in [5.41, 5.74) is 0.648. The van der Waals surface area contributed by atoms with E-state index in [9.17, 15) is 8.42 Å². The van der Waals surface area contributed by atoms with Crippen molar-refractivity contribution in [2.75, 3.05) is 10.5 Å². The van der Waals surface area contributed by atoms with Crippen LogP contribution in [0.15, 0.2) is 30.3 Å². The molecule has 0 radical (unpaired) electrons. The Hall–Kier alpha value is -1.03. The highest BCUT2D eigenvalue weighted by atomic mass is 32.2. The fourth-order valence-electron chi connectivity index (χ4n) is 2.52. The maximum Gasteiger partial charge on any atom is 0.232 e. The lowest BCUT2D eigenvalue weighted by Gasteiger charge is -2.07. The number of nitrogens with one attached hydrogen (secondary N) is 1. The molecule has 22 heavy (non-hydrogen) atoms. The Bertz CT molecular complexity index is 471. The van der Waals surface area contributed by atoms with Gasteiger partial charge in [0.15, 0.2) is 0 Å². The van der Waals surface area contributed by atoms with Crippen molar-refractivity contribution < 1.29 is 8.42 Å². The number of unbranched alkanes of at least 4 members (excludes halogenated alkanes) is 9. The normalized spacial score (nSPS) is 11.5. The second-order valence-corrected chi connectivity index (χ2v) is 7.81. The van der Waals surface area contributed by atoms with Gasteiger partial charge in [-0.3, -0.25) is 4.72 Å². The highest BCUT2D eigenvalue weighted by Crippen LogP contribution is 2.12. The first-order chi connectivity index (χ1) is 10.6. The van der Waals surface area contributed by atoms with Crippen LogP contribution in [-0.4, -0.2) is 14.2 Å². The molecule has 1 aromatic rings. The molecule has 0 aliphatic rings. The summed E-state index contributed by atoms with van der Waals surface area (Å²) in [6.07, 6.45) is 12.1. The van der Waals surface area contributed by atoms with E-state index in [1.54, 1.807) is 12.1 Å². The molecule has 0 saturated heterocycles. The van der Waals surface area contributed by atoms with Crippen LogP contribution in [0.2, 0.25) is 0 Å². The van der Waals surface area contributed by atoms with Crippen molar-refractivity contribution in [1.29, 1.82) is 0 Å². The van der Waals surface area contributed by atoms with Gasteiger partial charge in [-0.1, -0.05) is 82.9 Å². The molecule has 0 bridgehead atoms. The molecule has 4 heteroatoms. The zero-order chi connectivity index (χ0) is 16.1. The van der Waals surface area contributed by atoms with Crippen LogP contribution in [0.1, 0.15) is 71.1 Å². The molecule has 0 atom stereocenters. The summed E-state index contributed by atoms with van der Waals surface area (Å²) >= 11 is 0. The largest absolute Gasteiger partial charge is 0.284 e. The van der Waals surface area contributed by atoms with Crippen molar-refractivity contribution in [2.24, 2.45) is 0 Å². The van der Waals surface area contributed by atoms with Crippen LogP contribution in [0.4, 0.5) is 5.69 Å². The number of sulfonamides is 1. The molecule has 126 valence electrons. The van der Waals surface area contributed by atoms with Crippen molar-refractivity contribution in [2.45, 2.75) is 71.1 Å². The van der Waals surface area contributed by atoms with Gasteiger partial charge in [-0.05, 0) is 18.6 Å². The van der Waals surface area contributed by atoms with Crippen molar-refractivity contribution in [3.63, 3.8) is 0 Å². The Kier molecular flexibility index (Phi) is 9.96. The minimum Gasteiger partial charge on any atom is -0.284 e. The number of anilines is 1. The van der Waals surface area contributed by atoms with Crippen LogP contribution in [0, 0.1) is 0 Å². The Morgan fingerprint density at radius 1 is 0.773 bits per heavy atom. The summed E-state index contributed by atoms with van der Waals surface area (Å²) < 4.78 is 26.5. The van der Waals surface area contributed by atoms with Crippen LogP contribution < -0.4 is 4.72 Å². The Labute approximate surface area is 136 Å². The van der Waals surface area contributed by atoms with E-state index in [1.807, 2.05) is 18.2 Å². The van der Waals surface area contributed by atoms with Gasteiger partial charge in [0, 0.05) is 5.69 Å². The average Bonchev–Trinajstić information content (AvgIpc) is 2.49. The van der Waals surface area contributed by atoms with Gasteiger partial charge in [-0.2, -0.15) is 0 Å².